The van der Waals surface area contributed by atoms with Crippen molar-refractivity contribution in [1.82, 2.24) is 9.88 Å². The molecule has 1 heterocycles. The minimum Gasteiger partial charge on any atom is -0.466 e. The number of amides is 1. The van der Waals surface area contributed by atoms with Gasteiger partial charge in [-0.05, 0) is 103 Å². The van der Waals surface area contributed by atoms with Crippen molar-refractivity contribution in [2.75, 3.05) is 6.61 Å². The monoisotopic (exact) mass is 786 g/mol. The maximum atomic E-state index is 16.1. The highest BCUT2D eigenvalue weighted by molar-refractivity contribution is 9.10. The number of rotatable bonds is 15. The quantitative estimate of drug-likeness (QED) is 0.0721. The first-order valence-corrected chi connectivity index (χ1v) is 16.8. The van der Waals surface area contributed by atoms with Crippen molar-refractivity contribution in [2.45, 2.75) is 83.7 Å². The summed E-state index contributed by atoms with van der Waals surface area (Å²) >= 11 is 2.77. The summed E-state index contributed by atoms with van der Waals surface area (Å²) in [5.41, 5.74) is -2.24. The summed E-state index contributed by atoms with van der Waals surface area (Å²) in [5.74, 6) is -3.83. The van der Waals surface area contributed by atoms with E-state index in [4.69, 9.17) is 4.74 Å². The summed E-state index contributed by atoms with van der Waals surface area (Å²) in [7, 11) is 0. The summed E-state index contributed by atoms with van der Waals surface area (Å²) < 4.78 is 105. The standard InChI is InChI=1S/C37H38BrF7N2O4/c1-6-9-10-11-13-23-15-21(4)14-22(5)33(23)24-16-25(34(39)27(17-24)37(43,44)45)29(19-32(49)51-8-3)46-35(50)30(12-7-2)47-20-28(38)26(18-31(47)48)36(40,41)42/h6-7,14-18,20,29-30H,1-2,8-13,19H2,3-5H3,(H,46,50)/t29-,30-/m0/s1. The molecule has 14 heteroatoms. The number of allylic oxidation sites excluding steroid dienone is 2. The van der Waals surface area contributed by atoms with E-state index in [1.165, 1.54) is 13.0 Å². The molecular weight excluding hydrogens is 749 g/mol. The van der Waals surface area contributed by atoms with Gasteiger partial charge in [0.2, 0.25) is 5.91 Å². The fraction of sp³-hybridized carbons (Fsp3) is 0.378. The average molecular weight is 788 g/mol. The van der Waals surface area contributed by atoms with Crippen molar-refractivity contribution in [3.8, 4) is 11.1 Å². The van der Waals surface area contributed by atoms with Crippen molar-refractivity contribution in [3.05, 3.63) is 116 Å². The third kappa shape index (κ3) is 10.4. The largest absolute Gasteiger partial charge is 0.466 e. The van der Waals surface area contributed by atoms with Crippen LogP contribution in [0.1, 0.15) is 84.5 Å². The zero-order valence-corrected chi connectivity index (χ0v) is 29.8. The van der Waals surface area contributed by atoms with Gasteiger partial charge in [-0.25, -0.2) is 4.39 Å². The van der Waals surface area contributed by atoms with Gasteiger partial charge >= 0.3 is 18.3 Å². The maximum Gasteiger partial charge on any atom is 0.419 e. The molecule has 6 nitrogen and oxygen atoms in total. The number of hydrogen-bond donors (Lipinski definition) is 1. The predicted molar refractivity (Wildman–Crippen MR) is 183 cm³/mol. The molecule has 1 N–H and O–H groups in total. The lowest BCUT2D eigenvalue weighted by atomic mass is 9.87. The second-order valence-corrected chi connectivity index (χ2v) is 12.8. The van der Waals surface area contributed by atoms with Gasteiger partial charge in [0.15, 0.2) is 0 Å². The van der Waals surface area contributed by atoms with Crippen LogP contribution in [0.15, 0.2) is 71.1 Å². The van der Waals surface area contributed by atoms with Crippen LogP contribution >= 0.6 is 15.9 Å². The number of esters is 1. The topological polar surface area (TPSA) is 77.4 Å². The van der Waals surface area contributed by atoms with E-state index in [0.717, 1.165) is 30.7 Å². The fourth-order valence-corrected chi connectivity index (χ4v) is 6.46. The van der Waals surface area contributed by atoms with E-state index in [0.29, 0.717) is 40.2 Å². The van der Waals surface area contributed by atoms with Crippen LogP contribution in [0.3, 0.4) is 0 Å². The van der Waals surface area contributed by atoms with Gasteiger partial charge in [-0.2, -0.15) is 26.3 Å². The van der Waals surface area contributed by atoms with Gasteiger partial charge in [0, 0.05) is 22.3 Å². The first-order chi connectivity index (χ1) is 23.8. The molecule has 276 valence electrons. The molecule has 0 unspecified atom stereocenters. The normalized spacial score (nSPS) is 13.0. The molecule has 0 spiro atoms. The first kappa shape index (κ1) is 41.2. The fourth-order valence-electron chi connectivity index (χ4n) is 5.90. The van der Waals surface area contributed by atoms with Crippen LogP contribution in [0.5, 0.6) is 0 Å². The molecule has 1 aromatic heterocycles. The highest BCUT2D eigenvalue weighted by Crippen LogP contribution is 2.41. The van der Waals surface area contributed by atoms with E-state index in [1.54, 1.807) is 19.1 Å². The Morgan fingerprint density at radius 1 is 0.980 bits per heavy atom. The molecule has 0 saturated heterocycles. The highest BCUT2D eigenvalue weighted by atomic mass is 79.9. The van der Waals surface area contributed by atoms with Crippen LogP contribution in [-0.2, 0) is 33.1 Å². The highest BCUT2D eigenvalue weighted by Gasteiger charge is 2.39. The van der Waals surface area contributed by atoms with Gasteiger partial charge in [-0.3, -0.25) is 14.4 Å². The molecule has 0 radical (unpaired) electrons. The first-order valence-electron chi connectivity index (χ1n) is 16.0. The van der Waals surface area contributed by atoms with Crippen LogP contribution in [0.4, 0.5) is 30.7 Å². The molecule has 0 aliphatic heterocycles. The lowest BCUT2D eigenvalue weighted by molar-refractivity contribution is -0.144. The van der Waals surface area contributed by atoms with Gasteiger partial charge in [-0.15, -0.1) is 13.2 Å². The molecule has 0 fully saturated rings. The van der Waals surface area contributed by atoms with Gasteiger partial charge < -0.3 is 14.6 Å². The molecule has 2 atom stereocenters. The third-order valence-electron chi connectivity index (χ3n) is 8.09. The summed E-state index contributed by atoms with van der Waals surface area (Å²) in [6, 6.07) is 2.37. The number of nitrogens with zero attached hydrogens (tertiary/aromatic N) is 1. The Labute approximate surface area is 299 Å². The van der Waals surface area contributed by atoms with E-state index < -0.39 is 75.3 Å². The summed E-state index contributed by atoms with van der Waals surface area (Å²) in [5, 5.41) is 2.38. The molecule has 2 aromatic carbocycles. The number of ether oxygens (including phenoxy) is 1. The van der Waals surface area contributed by atoms with Crippen LogP contribution in [0, 0.1) is 19.7 Å². The lowest BCUT2D eigenvalue weighted by Crippen LogP contribution is -2.40. The van der Waals surface area contributed by atoms with E-state index in [-0.39, 0.29) is 24.7 Å². The number of benzene rings is 2. The number of carbonyl (C=O) groups excluding carboxylic acids is 2. The molecule has 0 saturated carbocycles. The molecule has 0 aliphatic carbocycles. The Morgan fingerprint density at radius 3 is 2.24 bits per heavy atom. The van der Waals surface area contributed by atoms with Crippen LogP contribution in [-0.4, -0.2) is 23.1 Å². The van der Waals surface area contributed by atoms with Crippen molar-refractivity contribution in [2.24, 2.45) is 0 Å². The van der Waals surface area contributed by atoms with E-state index >= 15 is 4.39 Å². The number of pyridine rings is 1. The lowest BCUT2D eigenvalue weighted by Gasteiger charge is -2.26. The van der Waals surface area contributed by atoms with Gasteiger partial charge in [0.1, 0.15) is 11.9 Å². The SMILES string of the molecule is C=CCCCCc1cc(C)cc(C)c1-c1cc([C@H](CC(=O)OCC)NC(=O)[C@H](CC=C)n2cc(Br)c(C(F)(F)F)cc2=O)c(F)c(C(F)(F)F)c1. The van der Waals surface area contributed by atoms with E-state index in [1.807, 2.05) is 13.0 Å². The van der Waals surface area contributed by atoms with Gasteiger partial charge in [-0.1, -0.05) is 29.8 Å². The van der Waals surface area contributed by atoms with E-state index in [9.17, 15) is 40.7 Å². The number of unbranched alkanes of at least 4 members (excludes halogenated alkanes) is 2. The van der Waals surface area contributed by atoms with Crippen LogP contribution in [0.25, 0.3) is 11.1 Å². The minimum absolute atomic E-state index is 0.0106. The van der Waals surface area contributed by atoms with Crippen LogP contribution < -0.4 is 10.9 Å². The molecule has 1 amide bonds. The molecule has 0 aliphatic rings. The predicted octanol–water partition coefficient (Wildman–Crippen LogP) is 9.90. The molecular formula is C37H38BrF7N2O4. The van der Waals surface area contributed by atoms with Gasteiger partial charge in [0.25, 0.3) is 5.56 Å². The molecule has 3 rings (SSSR count). The number of halogens is 8. The molecule has 0 bridgehead atoms. The second-order valence-electron chi connectivity index (χ2n) is 12.0. The van der Waals surface area contributed by atoms with Crippen molar-refractivity contribution >= 4 is 27.8 Å². The smallest absolute Gasteiger partial charge is 0.419 e. The van der Waals surface area contributed by atoms with Crippen LogP contribution in [0.2, 0.25) is 0 Å². The Kier molecular flexibility index (Phi) is 14.0. The summed E-state index contributed by atoms with van der Waals surface area (Å²) in [4.78, 5) is 39.4. The Hall–Kier alpha value is -4.20. The number of nitrogens with one attached hydrogen (secondary N) is 1. The second kappa shape index (κ2) is 17.3. The average Bonchev–Trinajstić information content (AvgIpc) is 3.01. The molecule has 51 heavy (non-hydrogen) atoms. The van der Waals surface area contributed by atoms with Crippen molar-refractivity contribution < 1.29 is 45.1 Å². The number of aryl methyl sites for hydroxylation is 3. The zero-order chi connectivity index (χ0) is 38.3. The zero-order valence-electron chi connectivity index (χ0n) is 28.2. The van der Waals surface area contributed by atoms with Crippen molar-refractivity contribution in [1.29, 1.82) is 0 Å². The Bertz CT molecular complexity index is 1830. The van der Waals surface area contributed by atoms with Crippen molar-refractivity contribution in [3.63, 3.8) is 0 Å². The number of carbonyl (C=O) groups is 2. The number of hydrogen-bond acceptors (Lipinski definition) is 4. The maximum absolute atomic E-state index is 16.1. The third-order valence-corrected chi connectivity index (χ3v) is 8.73. The van der Waals surface area contributed by atoms with E-state index in [2.05, 4.69) is 34.4 Å². The Balaban J connectivity index is 2.26. The number of alkyl halides is 6. The summed E-state index contributed by atoms with van der Waals surface area (Å²) in [6.45, 7) is 12.1. The van der Waals surface area contributed by atoms with Gasteiger partial charge in [0.05, 0.1) is 30.2 Å². The number of aromatic nitrogens is 1. The molecule has 3 aromatic rings. The minimum atomic E-state index is -5.19. The summed E-state index contributed by atoms with van der Waals surface area (Å²) in [6.07, 6.45) is -4.85. The Morgan fingerprint density at radius 2 is 1.65 bits per heavy atom.